The normalized spacial score (nSPS) is 18.2. The molecule has 20 heavy (non-hydrogen) atoms. The molecule has 0 bridgehead atoms. The number of nitrogens with zero attached hydrogens (tertiary/aromatic N) is 1. The molecule has 1 fully saturated rings. The summed E-state index contributed by atoms with van der Waals surface area (Å²) < 4.78 is 4.97. The fourth-order valence-electron chi connectivity index (χ4n) is 2.20. The van der Waals surface area contributed by atoms with E-state index in [0.29, 0.717) is 6.61 Å². The van der Waals surface area contributed by atoms with Gasteiger partial charge in [-0.05, 0) is 12.5 Å². The van der Waals surface area contributed by atoms with Gasteiger partial charge in [-0.1, -0.05) is 42.1 Å². The lowest BCUT2D eigenvalue weighted by molar-refractivity contribution is -0.137. The third kappa shape index (κ3) is 2.88. The summed E-state index contributed by atoms with van der Waals surface area (Å²) in [6.45, 7) is 2.54. The highest BCUT2D eigenvalue weighted by molar-refractivity contribution is 8.00. The number of aromatic nitrogens is 2. The van der Waals surface area contributed by atoms with Crippen molar-refractivity contribution in [3.05, 3.63) is 47.3 Å². The van der Waals surface area contributed by atoms with Gasteiger partial charge in [-0.25, -0.2) is 4.98 Å². The molecule has 1 aliphatic heterocycles. The Labute approximate surface area is 121 Å². The van der Waals surface area contributed by atoms with Crippen LogP contribution >= 0.6 is 11.8 Å². The van der Waals surface area contributed by atoms with Crippen molar-refractivity contribution in [1.29, 1.82) is 0 Å². The first kappa shape index (κ1) is 13.2. The first-order valence-corrected chi connectivity index (χ1v) is 7.53. The van der Waals surface area contributed by atoms with E-state index in [2.05, 4.69) is 22.1 Å². The maximum atomic E-state index is 11.5. The van der Waals surface area contributed by atoms with Crippen LogP contribution in [0.15, 0.2) is 35.5 Å². The Morgan fingerprint density at radius 1 is 1.40 bits per heavy atom. The number of thioether (sulfide) groups is 1. The average Bonchev–Trinajstić information content (AvgIpc) is 2.99. The quantitative estimate of drug-likeness (QED) is 0.879. The third-order valence-electron chi connectivity index (χ3n) is 3.32. The number of aromatic amines is 1. The van der Waals surface area contributed by atoms with Gasteiger partial charge < -0.3 is 9.72 Å². The van der Waals surface area contributed by atoms with Crippen LogP contribution in [-0.2, 0) is 16.0 Å². The molecule has 3 rings (SSSR count). The molecule has 104 valence electrons. The number of ether oxygens (including phenoxy) is 1. The number of carbonyl (C=O) groups is 1. The molecule has 0 saturated carbocycles. The van der Waals surface area contributed by atoms with E-state index >= 15 is 0 Å². The van der Waals surface area contributed by atoms with Gasteiger partial charge in [0.2, 0.25) is 0 Å². The number of hydrogen-bond acceptors (Lipinski definition) is 4. The van der Waals surface area contributed by atoms with Crippen LogP contribution < -0.4 is 0 Å². The predicted molar refractivity (Wildman–Crippen MR) is 77.8 cm³/mol. The lowest BCUT2D eigenvalue weighted by atomic mass is 10.1. The molecule has 1 aromatic carbocycles. The zero-order valence-electron chi connectivity index (χ0n) is 11.3. The summed E-state index contributed by atoms with van der Waals surface area (Å²) in [6.07, 6.45) is 1.57. The van der Waals surface area contributed by atoms with Gasteiger partial charge in [0.15, 0.2) is 5.16 Å². The van der Waals surface area contributed by atoms with E-state index in [0.717, 1.165) is 29.4 Å². The van der Waals surface area contributed by atoms with Crippen molar-refractivity contribution in [2.75, 3.05) is 6.61 Å². The zero-order valence-corrected chi connectivity index (χ0v) is 12.1. The van der Waals surface area contributed by atoms with Crippen LogP contribution in [0.4, 0.5) is 0 Å². The first-order valence-electron chi connectivity index (χ1n) is 6.65. The standard InChI is InChI=1S/C15H16N2O2S/c1-10-12(9-11-5-3-2-4-6-11)17-15(16-10)20-13-7-8-19-14(13)18/h2-6,13H,7-9H2,1H3,(H,16,17)/t13-/m1/s1. The fraction of sp³-hybridized carbons (Fsp3) is 0.333. The third-order valence-corrected chi connectivity index (χ3v) is 4.45. The molecule has 0 unspecified atom stereocenters. The summed E-state index contributed by atoms with van der Waals surface area (Å²) in [5.74, 6) is -0.131. The second-order valence-electron chi connectivity index (χ2n) is 4.84. The molecule has 2 aromatic rings. The Balaban J connectivity index is 1.72. The summed E-state index contributed by atoms with van der Waals surface area (Å²) in [5, 5.41) is 0.683. The summed E-state index contributed by atoms with van der Waals surface area (Å²) in [7, 11) is 0. The van der Waals surface area contributed by atoms with Crippen molar-refractivity contribution in [3.63, 3.8) is 0 Å². The topological polar surface area (TPSA) is 55.0 Å². The Bertz CT molecular complexity index is 610. The van der Waals surface area contributed by atoms with Crippen LogP contribution in [0, 0.1) is 6.92 Å². The van der Waals surface area contributed by atoms with Gasteiger partial charge >= 0.3 is 5.97 Å². The molecule has 1 aromatic heterocycles. The monoisotopic (exact) mass is 288 g/mol. The number of aryl methyl sites for hydroxylation is 1. The summed E-state index contributed by atoms with van der Waals surface area (Å²) in [6, 6.07) is 10.3. The van der Waals surface area contributed by atoms with E-state index in [1.165, 1.54) is 17.3 Å². The number of benzene rings is 1. The molecule has 1 saturated heterocycles. The Morgan fingerprint density at radius 3 is 2.90 bits per heavy atom. The molecule has 0 spiro atoms. The van der Waals surface area contributed by atoms with Crippen molar-refractivity contribution in [2.45, 2.75) is 30.2 Å². The Hall–Kier alpha value is -1.75. The van der Waals surface area contributed by atoms with E-state index < -0.39 is 0 Å². The van der Waals surface area contributed by atoms with Crippen molar-refractivity contribution in [2.24, 2.45) is 0 Å². The number of nitrogens with one attached hydrogen (secondary N) is 1. The molecule has 1 N–H and O–H groups in total. The van der Waals surface area contributed by atoms with Gasteiger partial charge in [0.25, 0.3) is 0 Å². The highest BCUT2D eigenvalue weighted by Gasteiger charge is 2.28. The average molecular weight is 288 g/mol. The van der Waals surface area contributed by atoms with Gasteiger partial charge in [-0.2, -0.15) is 0 Å². The highest BCUT2D eigenvalue weighted by atomic mass is 32.2. The fourth-order valence-corrected chi connectivity index (χ4v) is 3.23. The predicted octanol–water partition coefficient (Wildman–Crippen LogP) is 2.72. The number of hydrogen-bond donors (Lipinski definition) is 1. The van der Waals surface area contributed by atoms with Gasteiger partial charge in [0.05, 0.1) is 12.3 Å². The number of carbonyl (C=O) groups excluding carboxylic acids is 1. The van der Waals surface area contributed by atoms with Crippen molar-refractivity contribution >= 4 is 17.7 Å². The van der Waals surface area contributed by atoms with E-state index in [4.69, 9.17) is 4.74 Å². The van der Waals surface area contributed by atoms with Gasteiger partial charge in [0, 0.05) is 18.5 Å². The zero-order chi connectivity index (χ0) is 13.9. The van der Waals surface area contributed by atoms with Gasteiger partial charge in [-0.3, -0.25) is 4.79 Å². The van der Waals surface area contributed by atoms with Crippen LogP contribution in [0.5, 0.6) is 0 Å². The lowest BCUT2D eigenvalue weighted by Crippen LogP contribution is -2.09. The lowest BCUT2D eigenvalue weighted by Gasteiger charge is -2.01. The Kier molecular flexibility index (Phi) is 3.78. The highest BCUT2D eigenvalue weighted by Crippen LogP contribution is 2.28. The van der Waals surface area contributed by atoms with Crippen molar-refractivity contribution in [1.82, 2.24) is 9.97 Å². The summed E-state index contributed by atoms with van der Waals surface area (Å²) >= 11 is 1.46. The molecule has 0 aliphatic carbocycles. The second-order valence-corrected chi connectivity index (χ2v) is 6.03. The molecular weight excluding hydrogens is 272 g/mol. The van der Waals surface area contributed by atoms with E-state index in [1.807, 2.05) is 25.1 Å². The van der Waals surface area contributed by atoms with Crippen LogP contribution in [-0.4, -0.2) is 27.8 Å². The molecule has 5 heteroatoms. The number of H-pyrrole nitrogens is 1. The number of cyclic esters (lactones) is 1. The summed E-state index contributed by atoms with van der Waals surface area (Å²) in [5.41, 5.74) is 3.33. The van der Waals surface area contributed by atoms with E-state index in [1.54, 1.807) is 0 Å². The van der Waals surface area contributed by atoms with E-state index in [-0.39, 0.29) is 11.2 Å². The van der Waals surface area contributed by atoms with Crippen molar-refractivity contribution in [3.8, 4) is 0 Å². The Morgan fingerprint density at radius 2 is 2.20 bits per heavy atom. The molecule has 4 nitrogen and oxygen atoms in total. The SMILES string of the molecule is Cc1[nH]c(S[C@@H]2CCOC2=O)nc1Cc1ccccc1. The van der Waals surface area contributed by atoms with Crippen LogP contribution in [0.3, 0.4) is 0 Å². The van der Waals surface area contributed by atoms with Crippen molar-refractivity contribution < 1.29 is 9.53 Å². The maximum Gasteiger partial charge on any atom is 0.319 e. The largest absolute Gasteiger partial charge is 0.465 e. The number of esters is 1. The van der Waals surface area contributed by atoms with Crippen LogP contribution in [0.25, 0.3) is 0 Å². The van der Waals surface area contributed by atoms with Gasteiger partial charge in [-0.15, -0.1) is 0 Å². The maximum absolute atomic E-state index is 11.5. The first-order chi connectivity index (χ1) is 9.72. The minimum Gasteiger partial charge on any atom is -0.465 e. The van der Waals surface area contributed by atoms with Crippen LogP contribution in [0.2, 0.25) is 0 Å². The molecular formula is C15H16N2O2S. The molecule has 2 heterocycles. The van der Waals surface area contributed by atoms with Gasteiger partial charge in [0.1, 0.15) is 5.25 Å². The number of imidazole rings is 1. The number of rotatable bonds is 4. The molecule has 0 radical (unpaired) electrons. The van der Waals surface area contributed by atoms with Crippen LogP contribution in [0.1, 0.15) is 23.4 Å². The summed E-state index contributed by atoms with van der Waals surface area (Å²) in [4.78, 5) is 19.3. The molecule has 0 amide bonds. The smallest absolute Gasteiger partial charge is 0.319 e. The minimum absolute atomic E-state index is 0.120. The minimum atomic E-state index is -0.131. The molecule has 1 atom stereocenters. The molecule has 1 aliphatic rings. The van der Waals surface area contributed by atoms with E-state index in [9.17, 15) is 4.79 Å². The second kappa shape index (κ2) is 5.71.